The van der Waals surface area contributed by atoms with E-state index >= 15 is 0 Å². The maximum Gasteiger partial charge on any atom is 0.274 e. The SMILES string of the molecule is O=C(NO)c1ccc(OCCNS(=O)(=O)c2ccc(C(=O)Nc3ccc(Cl)c(-c4ccccn4)c3)c(Cl)c2)cc1. The number of rotatable bonds is 10. The van der Waals surface area contributed by atoms with Gasteiger partial charge in [-0.2, -0.15) is 0 Å². The molecule has 0 saturated heterocycles. The summed E-state index contributed by atoms with van der Waals surface area (Å²) in [7, 11) is -3.95. The van der Waals surface area contributed by atoms with Crippen LogP contribution in [0.3, 0.4) is 0 Å². The van der Waals surface area contributed by atoms with Crippen LogP contribution in [0.2, 0.25) is 10.0 Å². The van der Waals surface area contributed by atoms with Crippen LogP contribution in [0.15, 0.2) is 90.0 Å². The number of carbonyl (C=O) groups excluding carboxylic acids is 2. The maximum atomic E-state index is 12.9. The molecule has 0 unspecified atom stereocenters. The smallest absolute Gasteiger partial charge is 0.274 e. The van der Waals surface area contributed by atoms with Crippen LogP contribution in [0.1, 0.15) is 20.7 Å². The molecule has 0 saturated carbocycles. The number of carbonyl (C=O) groups is 2. The molecule has 0 atom stereocenters. The first-order valence-electron chi connectivity index (χ1n) is 11.7. The number of aromatic nitrogens is 1. The molecule has 3 aromatic carbocycles. The Morgan fingerprint density at radius 1 is 0.900 bits per heavy atom. The molecule has 1 aromatic heterocycles. The molecule has 4 rings (SSSR count). The number of pyridine rings is 1. The predicted octanol–water partition coefficient (Wildman–Crippen LogP) is 4.78. The Morgan fingerprint density at radius 3 is 2.35 bits per heavy atom. The number of amides is 2. The lowest BCUT2D eigenvalue weighted by Crippen LogP contribution is -2.28. The summed E-state index contributed by atoms with van der Waals surface area (Å²) >= 11 is 12.6. The molecule has 1 heterocycles. The lowest BCUT2D eigenvalue weighted by atomic mass is 10.1. The van der Waals surface area contributed by atoms with Crippen LogP contribution in [0.5, 0.6) is 5.75 Å². The summed E-state index contributed by atoms with van der Waals surface area (Å²) in [5.41, 5.74) is 3.56. The minimum absolute atomic E-state index is 0.000572. The van der Waals surface area contributed by atoms with Gasteiger partial charge in [0.15, 0.2) is 0 Å². The predicted molar refractivity (Wildman–Crippen MR) is 150 cm³/mol. The highest BCUT2D eigenvalue weighted by molar-refractivity contribution is 7.89. The Kier molecular flexibility index (Phi) is 9.35. The number of halogens is 2. The molecule has 0 aliphatic rings. The highest BCUT2D eigenvalue weighted by Gasteiger charge is 2.19. The number of nitrogens with one attached hydrogen (secondary N) is 3. The molecule has 0 spiro atoms. The van der Waals surface area contributed by atoms with Gasteiger partial charge in [0, 0.05) is 29.6 Å². The number of ether oxygens (including phenoxy) is 1. The van der Waals surface area contributed by atoms with E-state index in [0.29, 0.717) is 27.7 Å². The Bertz CT molecular complexity index is 1640. The monoisotopic (exact) mass is 600 g/mol. The number of hydrogen-bond acceptors (Lipinski definition) is 7. The third-order valence-corrected chi connectivity index (χ3v) is 7.64. The maximum absolute atomic E-state index is 12.9. The van der Waals surface area contributed by atoms with Gasteiger partial charge in [0.25, 0.3) is 11.8 Å². The third-order valence-electron chi connectivity index (χ3n) is 5.54. The molecule has 13 heteroatoms. The minimum atomic E-state index is -3.95. The first kappa shape index (κ1) is 29.0. The third kappa shape index (κ3) is 7.14. The van der Waals surface area contributed by atoms with Crippen LogP contribution in [0.25, 0.3) is 11.3 Å². The highest BCUT2D eigenvalue weighted by Crippen LogP contribution is 2.30. The zero-order valence-electron chi connectivity index (χ0n) is 20.6. The first-order chi connectivity index (χ1) is 19.2. The largest absolute Gasteiger partial charge is 0.492 e. The molecule has 206 valence electrons. The van der Waals surface area contributed by atoms with E-state index in [1.54, 1.807) is 36.5 Å². The van der Waals surface area contributed by atoms with Crippen molar-refractivity contribution in [1.82, 2.24) is 15.2 Å². The number of anilines is 1. The Hall–Kier alpha value is -4.00. The topological polar surface area (TPSA) is 147 Å². The van der Waals surface area contributed by atoms with Gasteiger partial charge in [0.2, 0.25) is 10.0 Å². The van der Waals surface area contributed by atoms with Crippen molar-refractivity contribution in [3.63, 3.8) is 0 Å². The van der Waals surface area contributed by atoms with Crippen LogP contribution in [0.4, 0.5) is 5.69 Å². The minimum Gasteiger partial charge on any atom is -0.492 e. The van der Waals surface area contributed by atoms with Crippen LogP contribution >= 0.6 is 23.2 Å². The summed E-state index contributed by atoms with van der Waals surface area (Å²) in [6, 6.07) is 20.0. The highest BCUT2D eigenvalue weighted by atomic mass is 35.5. The molecule has 4 aromatic rings. The fraction of sp³-hybridized carbons (Fsp3) is 0.0741. The van der Waals surface area contributed by atoms with Crippen molar-refractivity contribution >= 4 is 50.7 Å². The number of benzene rings is 3. The molecule has 0 aliphatic heterocycles. The van der Waals surface area contributed by atoms with Crippen LogP contribution in [-0.2, 0) is 10.0 Å². The Balaban J connectivity index is 1.36. The zero-order valence-corrected chi connectivity index (χ0v) is 22.9. The summed E-state index contributed by atoms with van der Waals surface area (Å²) in [5.74, 6) is -0.798. The summed E-state index contributed by atoms with van der Waals surface area (Å²) in [6.45, 7) is -0.0587. The van der Waals surface area contributed by atoms with Crippen molar-refractivity contribution in [3.05, 3.63) is 106 Å². The molecule has 2 amide bonds. The van der Waals surface area contributed by atoms with Crippen molar-refractivity contribution in [3.8, 4) is 17.0 Å². The van der Waals surface area contributed by atoms with Crippen molar-refractivity contribution in [2.24, 2.45) is 0 Å². The molecular weight excluding hydrogens is 579 g/mol. The van der Waals surface area contributed by atoms with Crippen molar-refractivity contribution in [1.29, 1.82) is 0 Å². The van der Waals surface area contributed by atoms with Crippen LogP contribution < -0.4 is 20.3 Å². The van der Waals surface area contributed by atoms with Crippen LogP contribution in [0, 0.1) is 0 Å². The van der Waals surface area contributed by atoms with Gasteiger partial charge in [-0.25, -0.2) is 18.6 Å². The second-order valence-electron chi connectivity index (χ2n) is 8.22. The zero-order chi connectivity index (χ0) is 28.7. The molecular formula is C27H22Cl2N4O6S. The standard InChI is InChI=1S/C27H22Cl2N4O6S/c28-23-11-6-18(15-22(23)25-3-1-2-12-30-25)32-27(35)21-10-9-20(16-24(21)29)40(37,38)31-13-14-39-19-7-4-17(5-8-19)26(34)33-36/h1-12,15-16,31,36H,13-14H2,(H,32,35)(H,33,34). The average Bonchev–Trinajstić information content (AvgIpc) is 2.96. The average molecular weight is 601 g/mol. The molecule has 0 fully saturated rings. The van der Waals surface area contributed by atoms with Gasteiger partial charge in [-0.1, -0.05) is 29.3 Å². The van der Waals surface area contributed by atoms with Crippen molar-refractivity contribution in [2.45, 2.75) is 4.90 Å². The van der Waals surface area contributed by atoms with E-state index in [1.165, 1.54) is 47.9 Å². The quantitative estimate of drug-likeness (QED) is 0.116. The lowest BCUT2D eigenvalue weighted by molar-refractivity contribution is 0.0706. The van der Waals surface area contributed by atoms with Gasteiger partial charge >= 0.3 is 0 Å². The second-order valence-corrected chi connectivity index (χ2v) is 10.8. The van der Waals surface area contributed by atoms with E-state index in [1.807, 2.05) is 6.07 Å². The van der Waals surface area contributed by atoms with Crippen molar-refractivity contribution in [2.75, 3.05) is 18.5 Å². The molecule has 0 bridgehead atoms. The second kappa shape index (κ2) is 12.9. The molecule has 0 radical (unpaired) electrons. The van der Waals surface area contributed by atoms with Gasteiger partial charge in [-0.15, -0.1) is 0 Å². The van der Waals surface area contributed by atoms with E-state index in [4.69, 9.17) is 33.1 Å². The normalized spacial score (nSPS) is 11.1. The van der Waals surface area contributed by atoms with E-state index < -0.39 is 21.8 Å². The van der Waals surface area contributed by atoms with E-state index in [9.17, 15) is 18.0 Å². The summed E-state index contributed by atoms with van der Waals surface area (Å²) in [4.78, 5) is 28.4. The van der Waals surface area contributed by atoms with E-state index in [2.05, 4.69) is 15.0 Å². The lowest BCUT2D eigenvalue weighted by Gasteiger charge is -2.12. The number of hydroxylamine groups is 1. The summed E-state index contributed by atoms with van der Waals surface area (Å²) < 4.78 is 33.3. The molecule has 0 aliphatic carbocycles. The van der Waals surface area contributed by atoms with Gasteiger partial charge in [-0.3, -0.25) is 19.8 Å². The molecule has 4 N–H and O–H groups in total. The Labute approximate surface area is 239 Å². The summed E-state index contributed by atoms with van der Waals surface area (Å²) in [6.07, 6.45) is 1.63. The number of sulfonamides is 1. The molecule has 40 heavy (non-hydrogen) atoms. The van der Waals surface area contributed by atoms with E-state index in [0.717, 1.165) is 0 Å². The van der Waals surface area contributed by atoms with E-state index in [-0.39, 0.29) is 34.2 Å². The molecule has 10 nitrogen and oxygen atoms in total. The number of hydrogen-bond donors (Lipinski definition) is 4. The Morgan fingerprint density at radius 2 is 1.68 bits per heavy atom. The first-order valence-corrected chi connectivity index (χ1v) is 13.9. The number of nitrogens with zero attached hydrogens (tertiary/aromatic N) is 1. The fourth-order valence-corrected chi connectivity index (χ4v) is 5.15. The van der Waals surface area contributed by atoms with Gasteiger partial charge < -0.3 is 10.1 Å². The fourth-order valence-electron chi connectivity index (χ4n) is 3.56. The van der Waals surface area contributed by atoms with Gasteiger partial charge in [0.1, 0.15) is 12.4 Å². The van der Waals surface area contributed by atoms with Crippen molar-refractivity contribution < 1.29 is 28.0 Å². The van der Waals surface area contributed by atoms with Crippen LogP contribution in [-0.4, -0.2) is 43.6 Å². The summed E-state index contributed by atoms with van der Waals surface area (Å²) in [5, 5.41) is 11.8. The van der Waals surface area contributed by atoms with Gasteiger partial charge in [0.05, 0.1) is 26.2 Å². The van der Waals surface area contributed by atoms with Gasteiger partial charge in [-0.05, 0) is 72.8 Å².